The van der Waals surface area contributed by atoms with Crippen molar-refractivity contribution in [2.45, 2.75) is 12.8 Å². The van der Waals surface area contributed by atoms with Crippen molar-refractivity contribution in [3.05, 3.63) is 11.7 Å². The minimum absolute atomic E-state index is 0.0753. The highest BCUT2D eigenvalue weighted by molar-refractivity contribution is 5.66. The van der Waals surface area contributed by atoms with E-state index in [-0.39, 0.29) is 5.89 Å². The molecule has 5 nitrogen and oxygen atoms in total. The van der Waals surface area contributed by atoms with Gasteiger partial charge in [-0.3, -0.25) is 4.79 Å². The van der Waals surface area contributed by atoms with Crippen molar-refractivity contribution in [2.24, 2.45) is 5.92 Å². The summed E-state index contributed by atoms with van der Waals surface area (Å²) in [6.45, 7) is 2.20. The Kier molecular flexibility index (Phi) is 2.58. The fraction of sp³-hybridized carbons (Fsp3) is 0.667. The molecule has 0 aromatic carbocycles. The van der Waals surface area contributed by atoms with Crippen molar-refractivity contribution in [1.82, 2.24) is 15.0 Å². The molecule has 1 aliphatic rings. The van der Waals surface area contributed by atoms with Gasteiger partial charge in [0.25, 0.3) is 5.89 Å². The second-order valence-corrected chi connectivity index (χ2v) is 3.79. The second kappa shape index (κ2) is 3.88. The molecule has 14 heavy (non-hydrogen) atoms. The Hall–Kier alpha value is -1.23. The van der Waals surface area contributed by atoms with E-state index in [0.29, 0.717) is 18.0 Å². The van der Waals surface area contributed by atoms with Gasteiger partial charge < -0.3 is 9.42 Å². The van der Waals surface area contributed by atoms with Crippen LogP contribution in [0, 0.1) is 5.92 Å². The number of hydrogen-bond acceptors (Lipinski definition) is 5. The number of aldehydes is 1. The van der Waals surface area contributed by atoms with E-state index in [1.165, 1.54) is 6.42 Å². The third-order valence-corrected chi connectivity index (χ3v) is 2.54. The summed E-state index contributed by atoms with van der Waals surface area (Å²) in [5.74, 6) is 1.32. The highest BCUT2D eigenvalue weighted by Gasteiger charge is 2.21. The molecule has 2 rings (SSSR count). The highest BCUT2D eigenvalue weighted by atomic mass is 16.5. The van der Waals surface area contributed by atoms with Crippen LogP contribution in [0.2, 0.25) is 0 Å². The first-order valence-corrected chi connectivity index (χ1v) is 4.74. The predicted molar refractivity (Wildman–Crippen MR) is 49.0 cm³/mol. The first-order chi connectivity index (χ1) is 6.78. The summed E-state index contributed by atoms with van der Waals surface area (Å²) >= 11 is 0. The molecule has 1 unspecified atom stereocenters. The normalized spacial score (nSPS) is 22.8. The summed E-state index contributed by atoms with van der Waals surface area (Å²) in [7, 11) is 2.10. The maximum absolute atomic E-state index is 10.3. The van der Waals surface area contributed by atoms with E-state index in [1.807, 2.05) is 0 Å². The van der Waals surface area contributed by atoms with E-state index < -0.39 is 0 Å². The molecule has 0 saturated carbocycles. The van der Waals surface area contributed by atoms with Crippen molar-refractivity contribution in [2.75, 3.05) is 20.1 Å². The van der Waals surface area contributed by atoms with Crippen molar-refractivity contribution < 1.29 is 9.32 Å². The molecule has 1 fully saturated rings. The van der Waals surface area contributed by atoms with Crippen molar-refractivity contribution in [3.8, 4) is 0 Å². The van der Waals surface area contributed by atoms with Gasteiger partial charge in [-0.25, -0.2) is 0 Å². The lowest BCUT2D eigenvalue weighted by atomic mass is 10.1. The third kappa shape index (κ3) is 1.98. The molecule has 0 radical (unpaired) electrons. The Bertz CT molecular complexity index is 324. The molecule has 5 heteroatoms. The zero-order chi connectivity index (χ0) is 9.97. The molecule has 0 spiro atoms. The maximum atomic E-state index is 10.3. The standard InChI is InChI=1S/C9H13N3O2/c1-12-3-2-7(5-12)4-8-10-9(6-13)14-11-8/h6-7H,2-5H2,1H3. The van der Waals surface area contributed by atoms with Gasteiger partial charge in [0, 0.05) is 13.0 Å². The molecule has 1 aliphatic heterocycles. The maximum Gasteiger partial charge on any atom is 0.290 e. The molecular formula is C9H13N3O2. The zero-order valence-electron chi connectivity index (χ0n) is 8.14. The van der Waals surface area contributed by atoms with E-state index in [4.69, 9.17) is 4.52 Å². The van der Waals surface area contributed by atoms with Gasteiger partial charge in [0.05, 0.1) is 0 Å². The van der Waals surface area contributed by atoms with Gasteiger partial charge in [-0.2, -0.15) is 4.98 Å². The highest BCUT2D eigenvalue weighted by Crippen LogP contribution is 2.17. The van der Waals surface area contributed by atoms with E-state index in [1.54, 1.807) is 0 Å². The Morgan fingerprint density at radius 1 is 1.71 bits per heavy atom. The summed E-state index contributed by atoms with van der Waals surface area (Å²) in [5.41, 5.74) is 0. The number of carbonyl (C=O) groups excluding carboxylic acids is 1. The molecule has 0 N–H and O–H groups in total. The average Bonchev–Trinajstić information content (AvgIpc) is 2.76. The average molecular weight is 195 g/mol. The fourth-order valence-corrected chi connectivity index (χ4v) is 1.85. The fourth-order valence-electron chi connectivity index (χ4n) is 1.85. The van der Waals surface area contributed by atoms with Gasteiger partial charge in [-0.05, 0) is 25.9 Å². The summed E-state index contributed by atoms with van der Waals surface area (Å²) in [6.07, 6.45) is 2.56. The lowest BCUT2D eigenvalue weighted by Crippen LogP contribution is -2.15. The van der Waals surface area contributed by atoms with Crippen LogP contribution < -0.4 is 0 Å². The van der Waals surface area contributed by atoms with Gasteiger partial charge >= 0.3 is 0 Å². The predicted octanol–water partition coefficient (Wildman–Crippen LogP) is 0.376. The van der Waals surface area contributed by atoms with Crippen LogP contribution in [0.1, 0.15) is 22.9 Å². The number of rotatable bonds is 3. The molecule has 1 saturated heterocycles. The minimum Gasteiger partial charge on any atom is -0.331 e. The monoisotopic (exact) mass is 195 g/mol. The number of likely N-dealkylation sites (tertiary alicyclic amines) is 1. The van der Waals surface area contributed by atoms with E-state index in [9.17, 15) is 4.79 Å². The first kappa shape index (κ1) is 9.33. The Morgan fingerprint density at radius 3 is 3.14 bits per heavy atom. The number of aromatic nitrogens is 2. The molecule has 0 bridgehead atoms. The first-order valence-electron chi connectivity index (χ1n) is 4.74. The van der Waals surface area contributed by atoms with Crippen LogP contribution in [0.4, 0.5) is 0 Å². The van der Waals surface area contributed by atoms with Crippen LogP contribution in [0.3, 0.4) is 0 Å². The lowest BCUT2D eigenvalue weighted by Gasteiger charge is -2.06. The molecule has 2 heterocycles. The van der Waals surface area contributed by atoms with Gasteiger partial charge in [0.1, 0.15) is 0 Å². The molecule has 1 atom stereocenters. The van der Waals surface area contributed by atoms with Crippen LogP contribution in [0.25, 0.3) is 0 Å². The van der Waals surface area contributed by atoms with E-state index in [0.717, 1.165) is 19.5 Å². The van der Waals surface area contributed by atoms with Gasteiger partial charge in [-0.1, -0.05) is 5.16 Å². The van der Waals surface area contributed by atoms with Gasteiger partial charge in [0.2, 0.25) is 6.29 Å². The Morgan fingerprint density at radius 2 is 2.57 bits per heavy atom. The summed E-state index contributed by atoms with van der Waals surface area (Å²) in [6, 6.07) is 0. The molecule has 0 amide bonds. The molecule has 1 aromatic heterocycles. The smallest absolute Gasteiger partial charge is 0.290 e. The van der Waals surface area contributed by atoms with Crippen molar-refractivity contribution in [1.29, 1.82) is 0 Å². The third-order valence-electron chi connectivity index (χ3n) is 2.54. The van der Waals surface area contributed by atoms with E-state index in [2.05, 4.69) is 22.1 Å². The molecular weight excluding hydrogens is 182 g/mol. The summed E-state index contributed by atoms with van der Waals surface area (Å²) in [4.78, 5) is 16.5. The Labute approximate surface area is 82.1 Å². The molecule has 1 aromatic rings. The Balaban J connectivity index is 1.93. The topological polar surface area (TPSA) is 59.2 Å². The number of carbonyl (C=O) groups is 1. The number of nitrogens with zero attached hydrogens (tertiary/aromatic N) is 3. The zero-order valence-corrected chi connectivity index (χ0v) is 8.14. The quantitative estimate of drug-likeness (QED) is 0.652. The van der Waals surface area contributed by atoms with Crippen LogP contribution in [-0.2, 0) is 6.42 Å². The lowest BCUT2D eigenvalue weighted by molar-refractivity contribution is 0.108. The van der Waals surface area contributed by atoms with Gasteiger partial charge in [0.15, 0.2) is 5.82 Å². The van der Waals surface area contributed by atoms with E-state index >= 15 is 0 Å². The van der Waals surface area contributed by atoms with Crippen LogP contribution >= 0.6 is 0 Å². The number of hydrogen-bond donors (Lipinski definition) is 0. The molecule has 0 aliphatic carbocycles. The second-order valence-electron chi connectivity index (χ2n) is 3.79. The van der Waals surface area contributed by atoms with Crippen LogP contribution in [0.15, 0.2) is 4.52 Å². The van der Waals surface area contributed by atoms with Gasteiger partial charge in [-0.15, -0.1) is 0 Å². The molecule has 76 valence electrons. The summed E-state index contributed by atoms with van der Waals surface area (Å²) < 4.78 is 4.71. The van der Waals surface area contributed by atoms with Crippen LogP contribution in [-0.4, -0.2) is 41.5 Å². The summed E-state index contributed by atoms with van der Waals surface area (Å²) in [5, 5.41) is 3.74. The minimum atomic E-state index is 0.0753. The van der Waals surface area contributed by atoms with Crippen LogP contribution in [0.5, 0.6) is 0 Å². The SMILES string of the molecule is CN1CCC(Cc2noc(C=O)n2)C1. The van der Waals surface area contributed by atoms with Crippen molar-refractivity contribution in [3.63, 3.8) is 0 Å². The largest absolute Gasteiger partial charge is 0.331 e. The van der Waals surface area contributed by atoms with Crippen molar-refractivity contribution >= 4 is 6.29 Å².